The summed E-state index contributed by atoms with van der Waals surface area (Å²) in [7, 11) is 0. The lowest BCUT2D eigenvalue weighted by Gasteiger charge is -2.09. The Hall–Kier alpha value is -1.33. The lowest BCUT2D eigenvalue weighted by molar-refractivity contribution is -0.122. The van der Waals surface area contributed by atoms with E-state index in [9.17, 15) is 4.79 Å². The molecule has 4 nitrogen and oxygen atoms in total. The number of ether oxygens (including phenoxy) is 1. The molecule has 1 unspecified atom stereocenters. The van der Waals surface area contributed by atoms with Gasteiger partial charge in [0, 0.05) is 16.3 Å². The average Bonchev–Trinajstić information content (AvgIpc) is 2.67. The maximum absolute atomic E-state index is 12.2. The molecule has 6 heteroatoms. The molecule has 0 amide bonds. The van der Waals surface area contributed by atoms with Crippen LogP contribution in [-0.4, -0.2) is 11.5 Å². The van der Waals surface area contributed by atoms with Gasteiger partial charge in [0.15, 0.2) is 6.10 Å². The Balaban J connectivity index is 2.04. The predicted octanol–water partition coefficient (Wildman–Crippen LogP) is 3.43. The maximum Gasteiger partial charge on any atom is 0.249 e. The number of hydrogen-bond donors (Lipinski definition) is 1. The minimum atomic E-state index is -0.748. The van der Waals surface area contributed by atoms with Crippen molar-refractivity contribution in [2.24, 2.45) is 11.7 Å². The molecule has 0 bridgehead atoms. The second-order valence-electron chi connectivity index (χ2n) is 4.87. The molecule has 2 N–H and O–H groups in total. The van der Waals surface area contributed by atoms with Crippen LogP contribution in [0.4, 0.5) is 0 Å². The van der Waals surface area contributed by atoms with Gasteiger partial charge in [0.05, 0.1) is 12.0 Å². The molecule has 1 aromatic rings. The molecule has 1 heterocycles. The SMILES string of the molecule is CC(C)CSOC1=C(N)OC(c2ccc(Cl)cc2)C1=O. The van der Waals surface area contributed by atoms with E-state index in [0.29, 0.717) is 16.5 Å². The summed E-state index contributed by atoms with van der Waals surface area (Å²) in [6, 6.07) is 6.89. The minimum absolute atomic E-state index is 0.0335. The number of benzene rings is 1. The van der Waals surface area contributed by atoms with Crippen LogP contribution < -0.4 is 5.73 Å². The Labute approximate surface area is 127 Å². The summed E-state index contributed by atoms with van der Waals surface area (Å²) in [5.41, 5.74) is 6.42. The summed E-state index contributed by atoms with van der Waals surface area (Å²) in [4.78, 5) is 12.2. The van der Waals surface area contributed by atoms with Crippen molar-refractivity contribution in [2.45, 2.75) is 20.0 Å². The van der Waals surface area contributed by atoms with Gasteiger partial charge in [0.2, 0.25) is 17.4 Å². The maximum atomic E-state index is 12.2. The van der Waals surface area contributed by atoms with Crippen LogP contribution in [0.3, 0.4) is 0 Å². The lowest BCUT2D eigenvalue weighted by Crippen LogP contribution is -2.10. The summed E-state index contributed by atoms with van der Waals surface area (Å²) in [5.74, 6) is 1.10. The zero-order chi connectivity index (χ0) is 14.7. The van der Waals surface area contributed by atoms with Gasteiger partial charge in [-0.15, -0.1) is 0 Å². The predicted molar refractivity (Wildman–Crippen MR) is 79.9 cm³/mol. The summed E-state index contributed by atoms with van der Waals surface area (Å²) in [6.07, 6.45) is -0.748. The molecule has 0 saturated heterocycles. The van der Waals surface area contributed by atoms with E-state index < -0.39 is 6.10 Å². The molecule has 0 saturated carbocycles. The van der Waals surface area contributed by atoms with Crippen LogP contribution >= 0.6 is 23.6 Å². The number of nitrogens with two attached hydrogens (primary N) is 1. The van der Waals surface area contributed by atoms with E-state index in [4.69, 9.17) is 26.3 Å². The molecule has 1 aromatic carbocycles. The van der Waals surface area contributed by atoms with Crippen molar-refractivity contribution in [1.82, 2.24) is 0 Å². The molecular weight excluding hydrogens is 298 g/mol. The van der Waals surface area contributed by atoms with E-state index in [1.165, 1.54) is 12.0 Å². The molecule has 1 atom stereocenters. The van der Waals surface area contributed by atoms with Crippen LogP contribution in [-0.2, 0) is 13.7 Å². The highest BCUT2D eigenvalue weighted by atomic mass is 35.5. The molecule has 0 radical (unpaired) electrons. The van der Waals surface area contributed by atoms with E-state index in [-0.39, 0.29) is 17.4 Å². The third kappa shape index (κ3) is 3.41. The van der Waals surface area contributed by atoms with Crippen LogP contribution in [0.15, 0.2) is 35.9 Å². The molecule has 108 valence electrons. The number of carbonyl (C=O) groups excluding carboxylic acids is 1. The third-order valence-corrected chi connectivity index (χ3v) is 3.99. The molecule has 0 aromatic heterocycles. The number of ketones is 1. The van der Waals surface area contributed by atoms with Crippen molar-refractivity contribution in [3.8, 4) is 0 Å². The Morgan fingerprint density at radius 2 is 2.05 bits per heavy atom. The van der Waals surface area contributed by atoms with Crippen molar-refractivity contribution >= 4 is 29.4 Å². The molecular formula is C14H16ClNO3S. The smallest absolute Gasteiger partial charge is 0.249 e. The van der Waals surface area contributed by atoms with Crippen LogP contribution in [0.2, 0.25) is 5.02 Å². The molecule has 0 spiro atoms. The topological polar surface area (TPSA) is 61.6 Å². The van der Waals surface area contributed by atoms with Gasteiger partial charge in [-0.3, -0.25) is 4.79 Å². The number of rotatable bonds is 5. The highest BCUT2D eigenvalue weighted by Crippen LogP contribution is 2.33. The summed E-state index contributed by atoms with van der Waals surface area (Å²) in [6.45, 7) is 4.13. The first-order valence-electron chi connectivity index (χ1n) is 6.24. The fourth-order valence-corrected chi connectivity index (χ4v) is 2.39. The van der Waals surface area contributed by atoms with Gasteiger partial charge in [-0.2, -0.15) is 0 Å². The van der Waals surface area contributed by atoms with Crippen molar-refractivity contribution in [1.29, 1.82) is 0 Å². The Morgan fingerprint density at radius 1 is 1.40 bits per heavy atom. The summed E-state index contributed by atoms with van der Waals surface area (Å²) >= 11 is 7.03. The van der Waals surface area contributed by atoms with E-state index >= 15 is 0 Å². The van der Waals surface area contributed by atoms with Gasteiger partial charge in [0.1, 0.15) is 0 Å². The average molecular weight is 314 g/mol. The van der Waals surface area contributed by atoms with E-state index in [1.807, 2.05) is 0 Å². The molecule has 0 aliphatic carbocycles. The highest BCUT2D eigenvalue weighted by molar-refractivity contribution is 7.94. The van der Waals surface area contributed by atoms with Crippen LogP contribution in [0.25, 0.3) is 0 Å². The minimum Gasteiger partial charge on any atom is -0.460 e. The summed E-state index contributed by atoms with van der Waals surface area (Å²) in [5, 5.41) is 0.601. The first-order valence-corrected chi connectivity index (χ1v) is 7.53. The van der Waals surface area contributed by atoms with Gasteiger partial charge in [-0.1, -0.05) is 37.6 Å². The zero-order valence-electron chi connectivity index (χ0n) is 11.3. The highest BCUT2D eigenvalue weighted by Gasteiger charge is 2.37. The number of halogens is 1. The van der Waals surface area contributed by atoms with Gasteiger partial charge in [-0.25, -0.2) is 0 Å². The van der Waals surface area contributed by atoms with Crippen molar-refractivity contribution in [2.75, 3.05) is 5.75 Å². The Kier molecular flexibility index (Phi) is 4.83. The second kappa shape index (κ2) is 6.41. The molecule has 2 rings (SSSR count). The van der Waals surface area contributed by atoms with Gasteiger partial charge in [-0.05, 0) is 18.1 Å². The fourth-order valence-electron chi connectivity index (χ4n) is 1.64. The largest absolute Gasteiger partial charge is 0.460 e. The zero-order valence-corrected chi connectivity index (χ0v) is 12.8. The van der Waals surface area contributed by atoms with Crippen molar-refractivity contribution < 1.29 is 13.7 Å². The Bertz CT molecular complexity index is 528. The number of hydrogen-bond acceptors (Lipinski definition) is 5. The van der Waals surface area contributed by atoms with E-state index in [1.54, 1.807) is 24.3 Å². The first-order chi connectivity index (χ1) is 9.49. The monoisotopic (exact) mass is 313 g/mol. The second-order valence-corrected chi connectivity index (χ2v) is 6.04. The molecule has 20 heavy (non-hydrogen) atoms. The van der Waals surface area contributed by atoms with Crippen LogP contribution in [0.1, 0.15) is 25.5 Å². The van der Waals surface area contributed by atoms with Crippen molar-refractivity contribution in [3.05, 3.63) is 46.5 Å². The van der Waals surface area contributed by atoms with Gasteiger partial charge >= 0.3 is 0 Å². The van der Waals surface area contributed by atoms with Gasteiger partial charge < -0.3 is 14.7 Å². The fraction of sp³-hybridized carbons (Fsp3) is 0.357. The normalized spacial score (nSPS) is 18.6. The Morgan fingerprint density at radius 3 is 2.65 bits per heavy atom. The summed E-state index contributed by atoms with van der Waals surface area (Å²) < 4.78 is 10.8. The molecule has 0 fully saturated rings. The lowest BCUT2D eigenvalue weighted by atomic mass is 10.1. The van der Waals surface area contributed by atoms with E-state index in [2.05, 4.69) is 13.8 Å². The first kappa shape index (κ1) is 15.1. The van der Waals surface area contributed by atoms with Crippen molar-refractivity contribution in [3.63, 3.8) is 0 Å². The number of carbonyl (C=O) groups is 1. The van der Waals surface area contributed by atoms with E-state index in [0.717, 1.165) is 5.75 Å². The standard InChI is InChI=1S/C14H16ClNO3S/c1-8(2)7-20-19-13-11(17)12(18-14(13)16)9-3-5-10(15)6-4-9/h3-6,8,12H,7,16H2,1-2H3. The molecule has 1 aliphatic rings. The number of Topliss-reactive ketones (excluding diaryl/α,β-unsaturated/α-hetero) is 1. The van der Waals surface area contributed by atoms with Gasteiger partial charge in [0.25, 0.3) is 0 Å². The molecule has 1 aliphatic heterocycles. The third-order valence-electron chi connectivity index (χ3n) is 2.65. The van der Waals surface area contributed by atoms with Crippen LogP contribution in [0.5, 0.6) is 0 Å². The van der Waals surface area contributed by atoms with Crippen LogP contribution in [0, 0.1) is 5.92 Å². The quantitative estimate of drug-likeness (QED) is 0.844.